The highest BCUT2D eigenvalue weighted by Crippen LogP contribution is 2.29. The Balaban J connectivity index is 1.83. The number of nitrogens with zero attached hydrogens (tertiary/aromatic N) is 2. The van der Waals surface area contributed by atoms with Crippen molar-refractivity contribution in [2.24, 2.45) is 0 Å². The first-order valence-corrected chi connectivity index (χ1v) is 8.04. The van der Waals surface area contributed by atoms with Crippen molar-refractivity contribution in [1.29, 1.82) is 0 Å². The van der Waals surface area contributed by atoms with Gasteiger partial charge < -0.3 is 19.4 Å². The Labute approximate surface area is 132 Å². The second-order valence-electron chi connectivity index (χ2n) is 4.81. The number of carbonyl (C=O) groups is 1. The Bertz CT molecular complexity index is 676. The van der Waals surface area contributed by atoms with Gasteiger partial charge in [-0.15, -0.1) is 0 Å². The molecule has 0 fully saturated rings. The van der Waals surface area contributed by atoms with Gasteiger partial charge in [0.05, 0.1) is 25.7 Å². The van der Waals surface area contributed by atoms with Crippen LogP contribution in [0.2, 0.25) is 0 Å². The molecule has 1 amide bonds. The molecule has 0 saturated heterocycles. The summed E-state index contributed by atoms with van der Waals surface area (Å²) < 4.78 is 12.5. The van der Waals surface area contributed by atoms with Crippen molar-refractivity contribution in [3.63, 3.8) is 0 Å². The van der Waals surface area contributed by atoms with Gasteiger partial charge in [-0.25, -0.2) is 4.98 Å². The van der Waals surface area contributed by atoms with Crippen LogP contribution in [-0.2, 0) is 12.3 Å². The second kappa shape index (κ2) is 6.31. The molecule has 0 bridgehead atoms. The van der Waals surface area contributed by atoms with E-state index in [4.69, 9.17) is 9.47 Å². The Morgan fingerprint density at radius 2 is 2.23 bits per heavy atom. The molecule has 0 unspecified atom stereocenters. The summed E-state index contributed by atoms with van der Waals surface area (Å²) in [6.45, 7) is 0.892. The maximum atomic E-state index is 12.4. The summed E-state index contributed by atoms with van der Waals surface area (Å²) in [5.41, 5.74) is 0.981. The Morgan fingerprint density at radius 3 is 2.95 bits per heavy atom. The van der Waals surface area contributed by atoms with E-state index in [-0.39, 0.29) is 5.91 Å². The lowest BCUT2D eigenvalue weighted by atomic mass is 10.2. The number of methoxy groups -OCH3 is 2. The molecule has 0 radical (unpaired) electrons. The lowest BCUT2D eigenvalue weighted by molar-refractivity contribution is 0.102. The molecule has 3 rings (SSSR count). The van der Waals surface area contributed by atoms with Crippen molar-refractivity contribution in [3.8, 4) is 11.5 Å². The van der Waals surface area contributed by atoms with Crippen molar-refractivity contribution in [2.45, 2.75) is 12.3 Å². The summed E-state index contributed by atoms with van der Waals surface area (Å²) in [5, 5.41) is 2.84. The summed E-state index contributed by atoms with van der Waals surface area (Å²) in [5.74, 6) is 3.81. The fourth-order valence-corrected chi connectivity index (χ4v) is 3.18. The predicted octanol–water partition coefficient (Wildman–Crippen LogP) is 2.40. The van der Waals surface area contributed by atoms with Gasteiger partial charge in [-0.3, -0.25) is 4.79 Å². The van der Waals surface area contributed by atoms with Gasteiger partial charge in [-0.2, -0.15) is 11.8 Å². The average molecular weight is 319 g/mol. The van der Waals surface area contributed by atoms with Gasteiger partial charge in [-0.1, -0.05) is 0 Å². The quantitative estimate of drug-likeness (QED) is 0.937. The maximum absolute atomic E-state index is 12.4. The minimum atomic E-state index is -0.251. The van der Waals surface area contributed by atoms with E-state index in [1.165, 1.54) is 0 Å². The molecule has 0 spiro atoms. The van der Waals surface area contributed by atoms with Gasteiger partial charge >= 0.3 is 0 Å². The van der Waals surface area contributed by atoms with Crippen LogP contribution in [0.1, 0.15) is 16.3 Å². The lowest BCUT2D eigenvalue weighted by Gasteiger charge is -2.11. The number of aryl methyl sites for hydroxylation is 1. The van der Waals surface area contributed by atoms with E-state index in [1.807, 2.05) is 16.3 Å². The van der Waals surface area contributed by atoms with Gasteiger partial charge in [0.15, 0.2) is 0 Å². The van der Waals surface area contributed by atoms with Gasteiger partial charge in [0.1, 0.15) is 23.0 Å². The molecule has 1 aromatic heterocycles. The smallest absolute Gasteiger partial charge is 0.275 e. The summed E-state index contributed by atoms with van der Waals surface area (Å²) in [6, 6.07) is 5.26. The van der Waals surface area contributed by atoms with Crippen molar-refractivity contribution >= 4 is 23.4 Å². The molecule has 1 N–H and O–H groups in total. The van der Waals surface area contributed by atoms with Crippen LogP contribution in [0.4, 0.5) is 5.69 Å². The number of benzene rings is 1. The van der Waals surface area contributed by atoms with Gasteiger partial charge in [0, 0.05) is 24.6 Å². The molecule has 116 valence electrons. The lowest BCUT2D eigenvalue weighted by Crippen LogP contribution is -2.13. The molecule has 2 aromatic rings. The first-order chi connectivity index (χ1) is 10.7. The van der Waals surface area contributed by atoms with Crippen molar-refractivity contribution in [1.82, 2.24) is 9.55 Å². The number of rotatable bonds is 4. The van der Waals surface area contributed by atoms with E-state index in [0.29, 0.717) is 22.9 Å². The molecule has 0 saturated carbocycles. The molecular weight excluding hydrogens is 302 g/mol. The van der Waals surface area contributed by atoms with E-state index >= 15 is 0 Å². The predicted molar refractivity (Wildman–Crippen MR) is 85.9 cm³/mol. The van der Waals surface area contributed by atoms with Crippen LogP contribution in [0.25, 0.3) is 0 Å². The zero-order valence-electron chi connectivity index (χ0n) is 12.5. The number of hydrogen-bond acceptors (Lipinski definition) is 5. The third-order valence-corrected chi connectivity index (χ3v) is 4.39. The van der Waals surface area contributed by atoms with Crippen LogP contribution in [0.3, 0.4) is 0 Å². The fourth-order valence-electron chi connectivity index (χ4n) is 2.30. The number of carbonyl (C=O) groups excluding carboxylic acids is 1. The SMILES string of the molecule is COc1ccc(OC)c(NC(=O)c2cn3c(n2)CSCC3)c1. The van der Waals surface area contributed by atoms with Crippen LogP contribution < -0.4 is 14.8 Å². The normalized spacial score (nSPS) is 13.4. The first kappa shape index (κ1) is 14.8. The number of amides is 1. The number of thioether (sulfide) groups is 1. The summed E-state index contributed by atoms with van der Waals surface area (Å²) in [6.07, 6.45) is 1.80. The molecule has 1 aliphatic heterocycles. The zero-order chi connectivity index (χ0) is 15.5. The topological polar surface area (TPSA) is 65.4 Å². The molecular formula is C15H17N3O3S. The molecule has 1 aromatic carbocycles. The number of anilines is 1. The third kappa shape index (κ3) is 2.89. The van der Waals surface area contributed by atoms with Crippen molar-refractivity contribution < 1.29 is 14.3 Å². The van der Waals surface area contributed by atoms with Gasteiger partial charge in [-0.05, 0) is 12.1 Å². The molecule has 0 aliphatic carbocycles. The minimum absolute atomic E-state index is 0.251. The average Bonchev–Trinajstić information content (AvgIpc) is 2.99. The number of fused-ring (bicyclic) bond motifs is 1. The summed E-state index contributed by atoms with van der Waals surface area (Å²) in [7, 11) is 3.14. The Kier molecular flexibility index (Phi) is 4.24. The fraction of sp³-hybridized carbons (Fsp3) is 0.333. The van der Waals surface area contributed by atoms with Crippen LogP contribution in [0, 0.1) is 0 Å². The van der Waals surface area contributed by atoms with E-state index in [0.717, 1.165) is 23.9 Å². The van der Waals surface area contributed by atoms with E-state index in [1.54, 1.807) is 38.6 Å². The van der Waals surface area contributed by atoms with E-state index in [9.17, 15) is 4.79 Å². The van der Waals surface area contributed by atoms with Crippen LogP contribution in [0.15, 0.2) is 24.4 Å². The second-order valence-corrected chi connectivity index (χ2v) is 5.91. The van der Waals surface area contributed by atoms with Gasteiger partial charge in [0.2, 0.25) is 0 Å². The van der Waals surface area contributed by atoms with Crippen LogP contribution in [0.5, 0.6) is 11.5 Å². The number of nitrogens with one attached hydrogen (secondary N) is 1. The largest absolute Gasteiger partial charge is 0.497 e. The first-order valence-electron chi connectivity index (χ1n) is 6.88. The molecule has 1 aliphatic rings. The monoisotopic (exact) mass is 319 g/mol. The van der Waals surface area contributed by atoms with E-state index in [2.05, 4.69) is 10.3 Å². The third-order valence-electron chi connectivity index (χ3n) is 3.45. The number of hydrogen-bond donors (Lipinski definition) is 1. The highest BCUT2D eigenvalue weighted by molar-refractivity contribution is 7.98. The maximum Gasteiger partial charge on any atom is 0.275 e. The number of aromatic nitrogens is 2. The number of imidazole rings is 1. The minimum Gasteiger partial charge on any atom is -0.497 e. The Hall–Kier alpha value is -2.15. The highest BCUT2D eigenvalue weighted by atomic mass is 32.2. The molecule has 7 heteroatoms. The zero-order valence-corrected chi connectivity index (χ0v) is 13.3. The van der Waals surface area contributed by atoms with Crippen molar-refractivity contribution in [3.05, 3.63) is 35.9 Å². The van der Waals surface area contributed by atoms with Crippen LogP contribution >= 0.6 is 11.8 Å². The highest BCUT2D eigenvalue weighted by Gasteiger charge is 2.18. The summed E-state index contributed by atoms with van der Waals surface area (Å²) >= 11 is 1.83. The molecule has 0 atom stereocenters. The van der Waals surface area contributed by atoms with Gasteiger partial charge in [0.25, 0.3) is 5.91 Å². The molecule has 2 heterocycles. The van der Waals surface area contributed by atoms with Crippen LogP contribution in [-0.4, -0.2) is 35.4 Å². The standard InChI is InChI=1S/C15H17N3O3S/c1-20-10-3-4-13(21-2)11(7-10)17-15(19)12-8-18-5-6-22-9-14(18)16-12/h3-4,7-8H,5-6,9H2,1-2H3,(H,17,19). The summed E-state index contributed by atoms with van der Waals surface area (Å²) in [4.78, 5) is 16.8. The molecule has 6 nitrogen and oxygen atoms in total. The number of ether oxygens (including phenoxy) is 2. The Morgan fingerprint density at radius 1 is 1.36 bits per heavy atom. The molecule has 22 heavy (non-hydrogen) atoms. The van der Waals surface area contributed by atoms with E-state index < -0.39 is 0 Å². The van der Waals surface area contributed by atoms with Crippen molar-refractivity contribution in [2.75, 3.05) is 25.3 Å².